The van der Waals surface area contributed by atoms with Gasteiger partial charge in [0.2, 0.25) is 0 Å². The molecule has 0 atom stereocenters. The van der Waals surface area contributed by atoms with E-state index in [4.69, 9.17) is 11.6 Å². The molecule has 0 aliphatic carbocycles. The lowest BCUT2D eigenvalue weighted by atomic mass is 9.96. The van der Waals surface area contributed by atoms with E-state index in [9.17, 15) is 22.8 Å². The van der Waals surface area contributed by atoms with Crippen LogP contribution in [0.5, 0.6) is 0 Å². The van der Waals surface area contributed by atoms with Gasteiger partial charge in [-0.15, -0.1) is 0 Å². The summed E-state index contributed by atoms with van der Waals surface area (Å²) in [6.07, 6.45) is -3.97. The Labute approximate surface area is 136 Å². The molecule has 8 heteroatoms. The fourth-order valence-electron chi connectivity index (χ4n) is 2.49. The number of nitrogens with zero attached hydrogens (tertiary/aromatic N) is 1. The molecule has 126 valence electrons. The summed E-state index contributed by atoms with van der Waals surface area (Å²) >= 11 is 5.81. The molecule has 23 heavy (non-hydrogen) atoms. The largest absolute Gasteiger partial charge is 0.471 e. The SMILES string of the molecule is O=C(NCC1CCN(C(=O)C(F)(F)F)CC1)c1cccc(Cl)c1. The van der Waals surface area contributed by atoms with Gasteiger partial charge in [0.15, 0.2) is 0 Å². The van der Waals surface area contributed by atoms with Crippen molar-refractivity contribution in [1.82, 2.24) is 10.2 Å². The van der Waals surface area contributed by atoms with E-state index in [0.717, 1.165) is 4.90 Å². The fourth-order valence-corrected chi connectivity index (χ4v) is 2.68. The number of carbonyl (C=O) groups excluding carboxylic acids is 2. The number of amides is 2. The molecule has 1 saturated heterocycles. The molecule has 0 radical (unpaired) electrons. The minimum absolute atomic E-state index is 0.0513. The lowest BCUT2D eigenvalue weighted by molar-refractivity contribution is -0.186. The van der Waals surface area contributed by atoms with E-state index in [1.165, 1.54) is 0 Å². The highest BCUT2D eigenvalue weighted by atomic mass is 35.5. The maximum Gasteiger partial charge on any atom is 0.471 e. The topological polar surface area (TPSA) is 49.4 Å². The summed E-state index contributed by atoms with van der Waals surface area (Å²) < 4.78 is 37.0. The summed E-state index contributed by atoms with van der Waals surface area (Å²) in [5, 5.41) is 3.20. The van der Waals surface area contributed by atoms with Crippen molar-refractivity contribution < 1.29 is 22.8 Å². The second-order valence-corrected chi connectivity index (χ2v) is 5.89. The highest BCUT2D eigenvalue weighted by molar-refractivity contribution is 6.30. The second-order valence-electron chi connectivity index (χ2n) is 5.45. The Kier molecular flexibility index (Phi) is 5.51. The molecular weight excluding hydrogens is 333 g/mol. The molecule has 0 unspecified atom stereocenters. The van der Waals surface area contributed by atoms with Crippen LogP contribution < -0.4 is 5.32 Å². The predicted molar refractivity (Wildman–Crippen MR) is 79.1 cm³/mol. The van der Waals surface area contributed by atoms with Gasteiger partial charge in [0.25, 0.3) is 5.91 Å². The first-order valence-corrected chi connectivity index (χ1v) is 7.55. The number of carbonyl (C=O) groups is 2. The van der Waals surface area contributed by atoms with Crippen molar-refractivity contribution in [3.05, 3.63) is 34.9 Å². The molecule has 1 aliphatic heterocycles. The number of nitrogens with one attached hydrogen (secondary N) is 1. The van der Waals surface area contributed by atoms with Crippen LogP contribution in [0, 0.1) is 5.92 Å². The van der Waals surface area contributed by atoms with E-state index in [1.807, 2.05) is 0 Å². The average Bonchev–Trinajstić information content (AvgIpc) is 2.51. The van der Waals surface area contributed by atoms with Crippen molar-refractivity contribution in [3.8, 4) is 0 Å². The van der Waals surface area contributed by atoms with Crippen LogP contribution in [0.3, 0.4) is 0 Å². The predicted octanol–water partition coefficient (Wildman–Crippen LogP) is 2.87. The zero-order valence-electron chi connectivity index (χ0n) is 12.2. The van der Waals surface area contributed by atoms with Crippen LogP contribution in [0.15, 0.2) is 24.3 Å². The molecule has 0 saturated carbocycles. The normalized spacial score (nSPS) is 16.3. The van der Waals surface area contributed by atoms with E-state index in [2.05, 4.69) is 5.32 Å². The molecule has 1 fully saturated rings. The van der Waals surface area contributed by atoms with Crippen LogP contribution in [0.1, 0.15) is 23.2 Å². The zero-order valence-corrected chi connectivity index (χ0v) is 13.0. The number of alkyl halides is 3. The quantitative estimate of drug-likeness (QED) is 0.913. The maximum absolute atomic E-state index is 12.3. The van der Waals surface area contributed by atoms with Crippen LogP contribution in [-0.4, -0.2) is 42.5 Å². The summed E-state index contributed by atoms with van der Waals surface area (Å²) in [5.41, 5.74) is 0.433. The molecule has 0 aromatic heterocycles. The minimum atomic E-state index is -4.83. The molecule has 1 N–H and O–H groups in total. The van der Waals surface area contributed by atoms with Crippen LogP contribution >= 0.6 is 11.6 Å². The highest BCUT2D eigenvalue weighted by Gasteiger charge is 2.43. The number of hydrogen-bond donors (Lipinski definition) is 1. The van der Waals surface area contributed by atoms with Crippen molar-refractivity contribution >= 4 is 23.4 Å². The first-order valence-electron chi connectivity index (χ1n) is 7.17. The van der Waals surface area contributed by atoms with Crippen molar-refractivity contribution in [3.63, 3.8) is 0 Å². The van der Waals surface area contributed by atoms with Crippen LogP contribution in [0.4, 0.5) is 13.2 Å². The molecule has 1 heterocycles. The van der Waals surface area contributed by atoms with Gasteiger partial charge >= 0.3 is 12.1 Å². The Balaban J connectivity index is 1.79. The van der Waals surface area contributed by atoms with Gasteiger partial charge < -0.3 is 10.2 Å². The third kappa shape index (κ3) is 4.86. The summed E-state index contributed by atoms with van der Waals surface area (Å²) in [4.78, 5) is 23.9. The summed E-state index contributed by atoms with van der Waals surface area (Å²) in [7, 11) is 0. The lowest BCUT2D eigenvalue weighted by Crippen LogP contribution is -2.46. The molecule has 4 nitrogen and oxygen atoms in total. The smallest absolute Gasteiger partial charge is 0.352 e. The summed E-state index contributed by atoms with van der Waals surface area (Å²) in [6, 6.07) is 6.50. The van der Waals surface area contributed by atoms with Gasteiger partial charge in [0, 0.05) is 30.2 Å². The standard InChI is InChI=1S/C15H16ClF3N2O2/c16-12-3-1-2-11(8-12)13(22)20-9-10-4-6-21(7-5-10)14(23)15(17,18)19/h1-3,8,10H,4-7,9H2,(H,20,22). The van der Waals surface area contributed by atoms with Crippen LogP contribution in [-0.2, 0) is 4.79 Å². The molecule has 1 aliphatic rings. The molecule has 2 amide bonds. The Bertz CT molecular complexity index is 584. The van der Waals surface area contributed by atoms with E-state index >= 15 is 0 Å². The van der Waals surface area contributed by atoms with Gasteiger partial charge in [-0.05, 0) is 37.0 Å². The maximum atomic E-state index is 12.3. The third-order valence-corrected chi connectivity index (χ3v) is 4.02. The van der Waals surface area contributed by atoms with E-state index in [1.54, 1.807) is 24.3 Å². The van der Waals surface area contributed by atoms with Gasteiger partial charge in [-0.1, -0.05) is 17.7 Å². The van der Waals surface area contributed by atoms with Crippen molar-refractivity contribution in [1.29, 1.82) is 0 Å². The monoisotopic (exact) mass is 348 g/mol. The van der Waals surface area contributed by atoms with E-state index in [0.29, 0.717) is 30.0 Å². The highest BCUT2D eigenvalue weighted by Crippen LogP contribution is 2.23. The first-order chi connectivity index (χ1) is 10.8. The van der Waals surface area contributed by atoms with Crippen molar-refractivity contribution in [2.45, 2.75) is 19.0 Å². The molecular formula is C15H16ClF3N2O2. The Morgan fingerprint density at radius 3 is 2.48 bits per heavy atom. The number of rotatable bonds is 3. The molecule has 2 rings (SSSR count). The first kappa shape index (κ1) is 17.6. The summed E-state index contributed by atoms with van der Waals surface area (Å²) in [5.74, 6) is -2.02. The van der Waals surface area contributed by atoms with Crippen molar-refractivity contribution in [2.75, 3.05) is 19.6 Å². The average molecular weight is 349 g/mol. The van der Waals surface area contributed by atoms with Gasteiger partial charge in [-0.2, -0.15) is 13.2 Å². The lowest BCUT2D eigenvalue weighted by Gasteiger charge is -2.32. The third-order valence-electron chi connectivity index (χ3n) is 3.78. The van der Waals surface area contributed by atoms with Crippen LogP contribution in [0.25, 0.3) is 0 Å². The Morgan fingerprint density at radius 2 is 1.91 bits per heavy atom. The number of hydrogen-bond acceptors (Lipinski definition) is 2. The molecule has 0 bridgehead atoms. The number of halogens is 4. The Morgan fingerprint density at radius 1 is 1.26 bits per heavy atom. The summed E-state index contributed by atoms with van der Waals surface area (Å²) in [6.45, 7) is 0.464. The van der Waals surface area contributed by atoms with E-state index in [-0.39, 0.29) is 24.9 Å². The van der Waals surface area contributed by atoms with Crippen molar-refractivity contribution in [2.24, 2.45) is 5.92 Å². The van der Waals surface area contributed by atoms with Gasteiger partial charge in [-0.3, -0.25) is 9.59 Å². The van der Waals surface area contributed by atoms with Gasteiger partial charge in [0.1, 0.15) is 0 Å². The number of benzene rings is 1. The fraction of sp³-hybridized carbons (Fsp3) is 0.467. The zero-order chi connectivity index (χ0) is 17.0. The van der Waals surface area contributed by atoms with Gasteiger partial charge in [-0.25, -0.2) is 0 Å². The van der Waals surface area contributed by atoms with E-state index < -0.39 is 12.1 Å². The minimum Gasteiger partial charge on any atom is -0.352 e. The number of piperidine rings is 1. The van der Waals surface area contributed by atoms with Crippen LogP contribution in [0.2, 0.25) is 5.02 Å². The Hall–Kier alpha value is -1.76. The van der Waals surface area contributed by atoms with Gasteiger partial charge in [0.05, 0.1) is 0 Å². The molecule has 1 aromatic rings. The number of likely N-dealkylation sites (tertiary alicyclic amines) is 1. The molecule has 1 aromatic carbocycles. The molecule has 0 spiro atoms. The second kappa shape index (κ2) is 7.21.